The number of hydrogen-bond acceptors (Lipinski definition) is 5. The lowest BCUT2D eigenvalue weighted by atomic mass is 10.0. The van der Waals surface area contributed by atoms with E-state index in [2.05, 4.69) is 25.8 Å². The summed E-state index contributed by atoms with van der Waals surface area (Å²) in [6.07, 6.45) is 2.31. The molecule has 0 saturated carbocycles. The predicted molar refractivity (Wildman–Crippen MR) is 80.9 cm³/mol. The largest absolute Gasteiger partial charge is 0.391 e. The molecule has 1 aliphatic rings. The first-order chi connectivity index (χ1) is 8.67. The van der Waals surface area contributed by atoms with Crippen molar-refractivity contribution < 1.29 is 5.11 Å². The molecule has 1 N–H and O–H groups in total. The monoisotopic (exact) mass is 286 g/mol. The molecule has 0 amide bonds. The van der Waals surface area contributed by atoms with Crippen LogP contribution in [-0.2, 0) is 6.61 Å². The normalized spacial score (nSPS) is 21.2. The first kappa shape index (κ1) is 14.2. The summed E-state index contributed by atoms with van der Waals surface area (Å²) >= 11 is 3.67. The fraction of sp³-hybridized carbons (Fsp3) is 0.769. The molecular formula is C13H22N2OS2. The predicted octanol–water partition coefficient (Wildman–Crippen LogP) is 3.09. The van der Waals surface area contributed by atoms with Crippen molar-refractivity contribution in [3.05, 3.63) is 10.6 Å². The molecule has 2 atom stereocenters. The standard InChI is InChI=1S/C13H22N2OS2/c1-4-9(2)12-11(7-16)18-13(14-12)15(3)10-5-6-17-8-10/h9-10,16H,4-8H2,1-3H3. The van der Waals surface area contributed by atoms with Crippen molar-refractivity contribution in [1.82, 2.24) is 4.98 Å². The third kappa shape index (κ3) is 2.83. The number of aliphatic hydroxyl groups is 1. The van der Waals surface area contributed by atoms with Crippen LogP contribution in [0, 0.1) is 0 Å². The highest BCUT2D eigenvalue weighted by molar-refractivity contribution is 7.99. The summed E-state index contributed by atoms with van der Waals surface area (Å²) in [6.45, 7) is 4.47. The number of thioether (sulfide) groups is 1. The summed E-state index contributed by atoms with van der Waals surface area (Å²) in [5, 5.41) is 10.5. The number of thiazole rings is 1. The molecule has 2 rings (SSSR count). The van der Waals surface area contributed by atoms with E-state index in [1.807, 2.05) is 11.8 Å². The molecule has 3 nitrogen and oxygen atoms in total. The third-order valence-corrected chi connectivity index (χ3v) is 5.99. The SMILES string of the molecule is CCC(C)c1nc(N(C)C2CCSC2)sc1CO. The van der Waals surface area contributed by atoms with Crippen LogP contribution in [-0.4, -0.2) is 34.7 Å². The van der Waals surface area contributed by atoms with Gasteiger partial charge in [0.1, 0.15) is 0 Å². The van der Waals surface area contributed by atoms with Gasteiger partial charge in [0.25, 0.3) is 0 Å². The van der Waals surface area contributed by atoms with E-state index >= 15 is 0 Å². The second-order valence-corrected chi connectivity index (χ2v) is 7.11. The van der Waals surface area contributed by atoms with Gasteiger partial charge in [0, 0.05) is 18.8 Å². The Hall–Kier alpha value is -0.260. The molecule has 1 aliphatic heterocycles. The minimum Gasteiger partial charge on any atom is -0.391 e. The maximum Gasteiger partial charge on any atom is 0.185 e. The Bertz CT molecular complexity index is 388. The van der Waals surface area contributed by atoms with Crippen LogP contribution in [0.1, 0.15) is 43.2 Å². The molecule has 2 heterocycles. The zero-order valence-electron chi connectivity index (χ0n) is 11.3. The maximum absolute atomic E-state index is 9.47. The van der Waals surface area contributed by atoms with Crippen LogP contribution in [0.5, 0.6) is 0 Å². The quantitative estimate of drug-likeness (QED) is 0.902. The fourth-order valence-electron chi connectivity index (χ4n) is 2.18. The molecule has 0 radical (unpaired) electrons. The highest BCUT2D eigenvalue weighted by Gasteiger charge is 2.24. The van der Waals surface area contributed by atoms with Gasteiger partial charge in [-0.2, -0.15) is 11.8 Å². The van der Waals surface area contributed by atoms with E-state index in [0.717, 1.165) is 22.1 Å². The van der Waals surface area contributed by atoms with Crippen molar-refractivity contribution in [2.75, 3.05) is 23.5 Å². The van der Waals surface area contributed by atoms with E-state index in [1.165, 1.54) is 17.9 Å². The third-order valence-electron chi connectivity index (χ3n) is 3.69. The fourth-order valence-corrected chi connectivity index (χ4v) is 4.52. The molecule has 1 aromatic rings. The van der Waals surface area contributed by atoms with Gasteiger partial charge in [-0.15, -0.1) is 0 Å². The van der Waals surface area contributed by atoms with E-state index in [0.29, 0.717) is 12.0 Å². The van der Waals surface area contributed by atoms with Crippen molar-refractivity contribution in [3.8, 4) is 0 Å². The Kier molecular flexibility index (Phi) is 4.92. The molecule has 1 aromatic heterocycles. The minimum atomic E-state index is 0.116. The maximum atomic E-state index is 9.47. The molecule has 0 aromatic carbocycles. The molecule has 0 spiro atoms. The summed E-state index contributed by atoms with van der Waals surface area (Å²) in [7, 11) is 2.14. The summed E-state index contributed by atoms with van der Waals surface area (Å²) in [5.74, 6) is 2.89. The summed E-state index contributed by atoms with van der Waals surface area (Å²) < 4.78 is 0. The van der Waals surface area contributed by atoms with E-state index < -0.39 is 0 Å². The smallest absolute Gasteiger partial charge is 0.185 e. The molecule has 0 aliphatic carbocycles. The number of hydrogen-bond donors (Lipinski definition) is 1. The van der Waals surface area contributed by atoms with Crippen LogP contribution in [0.4, 0.5) is 5.13 Å². The zero-order chi connectivity index (χ0) is 13.1. The first-order valence-corrected chi connectivity index (χ1v) is 8.55. The van der Waals surface area contributed by atoms with Gasteiger partial charge in [-0.25, -0.2) is 4.98 Å². The minimum absolute atomic E-state index is 0.116. The van der Waals surface area contributed by atoms with E-state index in [9.17, 15) is 5.11 Å². The highest BCUT2D eigenvalue weighted by atomic mass is 32.2. The molecule has 1 fully saturated rings. The number of aliphatic hydroxyl groups excluding tert-OH is 1. The van der Waals surface area contributed by atoms with Crippen LogP contribution < -0.4 is 4.90 Å². The Balaban J connectivity index is 2.20. The number of aromatic nitrogens is 1. The molecule has 102 valence electrons. The highest BCUT2D eigenvalue weighted by Crippen LogP contribution is 2.34. The van der Waals surface area contributed by atoms with Crippen LogP contribution in [0.2, 0.25) is 0 Å². The van der Waals surface area contributed by atoms with Crippen LogP contribution in [0.15, 0.2) is 0 Å². The number of nitrogens with zero attached hydrogens (tertiary/aromatic N) is 2. The van der Waals surface area contributed by atoms with Gasteiger partial charge in [0.2, 0.25) is 0 Å². The molecule has 2 unspecified atom stereocenters. The average Bonchev–Trinajstić information content (AvgIpc) is 3.05. The Morgan fingerprint density at radius 2 is 2.33 bits per heavy atom. The Morgan fingerprint density at radius 3 is 2.89 bits per heavy atom. The molecular weight excluding hydrogens is 264 g/mol. The van der Waals surface area contributed by atoms with Gasteiger partial charge in [-0.1, -0.05) is 25.2 Å². The van der Waals surface area contributed by atoms with Gasteiger partial charge in [0.15, 0.2) is 5.13 Å². The lowest BCUT2D eigenvalue weighted by Crippen LogP contribution is -2.31. The molecule has 18 heavy (non-hydrogen) atoms. The van der Waals surface area contributed by atoms with Crippen molar-refractivity contribution in [3.63, 3.8) is 0 Å². The van der Waals surface area contributed by atoms with Crippen molar-refractivity contribution >= 4 is 28.2 Å². The van der Waals surface area contributed by atoms with Gasteiger partial charge in [-0.05, 0) is 24.5 Å². The molecule has 0 bridgehead atoms. The van der Waals surface area contributed by atoms with E-state index in [-0.39, 0.29) is 6.61 Å². The molecule has 1 saturated heterocycles. The Labute approximate surface area is 118 Å². The van der Waals surface area contributed by atoms with Gasteiger partial charge < -0.3 is 10.0 Å². The van der Waals surface area contributed by atoms with Crippen LogP contribution in [0.25, 0.3) is 0 Å². The molecule has 5 heteroatoms. The van der Waals surface area contributed by atoms with Crippen molar-refractivity contribution in [2.24, 2.45) is 0 Å². The van der Waals surface area contributed by atoms with Gasteiger partial charge in [-0.3, -0.25) is 0 Å². The number of rotatable bonds is 5. The summed E-state index contributed by atoms with van der Waals surface area (Å²) in [6, 6.07) is 0.609. The lowest BCUT2D eigenvalue weighted by Gasteiger charge is -2.22. The van der Waals surface area contributed by atoms with Crippen LogP contribution in [0.3, 0.4) is 0 Å². The van der Waals surface area contributed by atoms with Crippen LogP contribution >= 0.6 is 23.1 Å². The number of anilines is 1. The lowest BCUT2D eigenvalue weighted by molar-refractivity contribution is 0.283. The second kappa shape index (κ2) is 6.26. The van der Waals surface area contributed by atoms with Gasteiger partial charge >= 0.3 is 0 Å². The Morgan fingerprint density at radius 1 is 1.56 bits per heavy atom. The van der Waals surface area contributed by atoms with Gasteiger partial charge in [0.05, 0.1) is 17.2 Å². The average molecular weight is 286 g/mol. The zero-order valence-corrected chi connectivity index (χ0v) is 13.0. The first-order valence-electron chi connectivity index (χ1n) is 6.58. The van der Waals surface area contributed by atoms with Crippen molar-refractivity contribution in [1.29, 1.82) is 0 Å². The van der Waals surface area contributed by atoms with E-state index in [4.69, 9.17) is 4.98 Å². The summed E-state index contributed by atoms with van der Waals surface area (Å²) in [4.78, 5) is 8.11. The summed E-state index contributed by atoms with van der Waals surface area (Å²) in [5.41, 5.74) is 1.09. The second-order valence-electron chi connectivity index (χ2n) is 4.90. The topological polar surface area (TPSA) is 36.4 Å². The van der Waals surface area contributed by atoms with Crippen molar-refractivity contribution in [2.45, 2.75) is 45.3 Å². The van der Waals surface area contributed by atoms with E-state index in [1.54, 1.807) is 11.3 Å².